The van der Waals surface area contributed by atoms with Crippen LogP contribution in [-0.4, -0.2) is 31.2 Å². The van der Waals surface area contributed by atoms with Crippen molar-refractivity contribution in [3.8, 4) is 11.5 Å². The van der Waals surface area contributed by atoms with Crippen LogP contribution in [0.1, 0.15) is 103 Å². The van der Waals surface area contributed by atoms with Gasteiger partial charge in [0, 0.05) is 17.9 Å². The number of methoxy groups -OCH3 is 1. The second kappa shape index (κ2) is 15.1. The highest BCUT2D eigenvalue weighted by Gasteiger charge is 2.41. The van der Waals surface area contributed by atoms with Crippen molar-refractivity contribution in [1.82, 2.24) is 0 Å². The monoisotopic (exact) mass is 548 g/mol. The maximum absolute atomic E-state index is 12.4. The minimum absolute atomic E-state index is 0.00440. The number of benzene rings is 1. The first kappa shape index (κ1) is 32.4. The summed E-state index contributed by atoms with van der Waals surface area (Å²) in [5, 5.41) is 11.9. The van der Waals surface area contributed by atoms with E-state index in [2.05, 4.69) is 45.9 Å². The summed E-state index contributed by atoms with van der Waals surface area (Å²) < 4.78 is 17.8. The van der Waals surface area contributed by atoms with Crippen LogP contribution < -0.4 is 4.74 Å². The molecule has 6 heteroatoms. The predicted octanol–water partition coefficient (Wildman–Crippen LogP) is 8.68. The molecule has 0 bridgehead atoms. The fraction of sp³-hybridized carbons (Fsp3) is 0.656. The van der Waals surface area contributed by atoms with Crippen LogP contribution in [0.4, 0.5) is 0 Å². The normalized spacial score (nSPS) is 22.6. The van der Waals surface area contributed by atoms with Crippen LogP contribution in [0.3, 0.4) is 0 Å². The number of halogens is 1. The van der Waals surface area contributed by atoms with Crippen LogP contribution in [0.25, 0.3) is 0 Å². The van der Waals surface area contributed by atoms with Gasteiger partial charge >= 0.3 is 0 Å². The molecular formula is C32H49ClO5. The lowest BCUT2D eigenvalue weighted by molar-refractivity contribution is -0.149. The third-order valence-electron chi connectivity index (χ3n) is 8.36. The van der Waals surface area contributed by atoms with Gasteiger partial charge < -0.3 is 19.3 Å². The lowest BCUT2D eigenvalue weighted by Crippen LogP contribution is -2.40. The molecule has 0 heterocycles. The first-order valence-electron chi connectivity index (χ1n) is 14.2. The van der Waals surface area contributed by atoms with Crippen molar-refractivity contribution in [2.24, 2.45) is 17.3 Å². The molecular weight excluding hydrogens is 500 g/mol. The Morgan fingerprint density at radius 1 is 1.18 bits per heavy atom. The van der Waals surface area contributed by atoms with Crippen molar-refractivity contribution >= 4 is 17.4 Å². The summed E-state index contributed by atoms with van der Waals surface area (Å²) in [6, 6.07) is 0. The van der Waals surface area contributed by atoms with Crippen LogP contribution in [0.2, 0.25) is 5.02 Å². The Bertz CT molecular complexity index is 988. The third-order valence-corrected chi connectivity index (χ3v) is 8.81. The number of carbonyl (C=O) groups is 1. The smallest absolute Gasteiger partial charge is 0.187 e. The molecule has 1 N–H and O–H groups in total. The fourth-order valence-electron chi connectivity index (χ4n) is 5.05. The van der Waals surface area contributed by atoms with E-state index in [0.29, 0.717) is 65.2 Å². The summed E-state index contributed by atoms with van der Waals surface area (Å²) in [4.78, 5) is 12.4. The summed E-state index contributed by atoms with van der Waals surface area (Å²) in [6.45, 7) is 15.6. The van der Waals surface area contributed by atoms with Crippen molar-refractivity contribution in [2.45, 2.75) is 99.7 Å². The van der Waals surface area contributed by atoms with Gasteiger partial charge in [-0.1, -0.05) is 82.9 Å². The highest BCUT2D eigenvalue weighted by Crippen LogP contribution is 2.46. The van der Waals surface area contributed by atoms with E-state index in [1.165, 1.54) is 0 Å². The quantitative estimate of drug-likeness (QED) is 0.143. The molecule has 0 spiro atoms. The summed E-state index contributed by atoms with van der Waals surface area (Å²) >= 11 is 6.77. The van der Waals surface area contributed by atoms with Crippen LogP contribution >= 0.6 is 11.6 Å². The Balaban J connectivity index is 2.41. The predicted molar refractivity (Wildman–Crippen MR) is 156 cm³/mol. The molecule has 1 aromatic carbocycles. The number of aromatic hydroxyl groups is 1. The highest BCUT2D eigenvalue weighted by molar-refractivity contribution is 6.33. The Morgan fingerprint density at radius 2 is 1.79 bits per heavy atom. The van der Waals surface area contributed by atoms with E-state index in [1.807, 2.05) is 20.8 Å². The number of hydrogen-bond acceptors (Lipinski definition) is 5. The van der Waals surface area contributed by atoms with Gasteiger partial charge in [-0.2, -0.15) is 0 Å². The molecule has 0 aliphatic heterocycles. The largest absolute Gasteiger partial charge is 0.507 e. The van der Waals surface area contributed by atoms with E-state index in [1.54, 1.807) is 7.11 Å². The highest BCUT2D eigenvalue weighted by atomic mass is 35.5. The number of phenols is 1. The molecule has 0 unspecified atom stereocenters. The molecule has 38 heavy (non-hydrogen) atoms. The van der Waals surface area contributed by atoms with E-state index >= 15 is 0 Å². The molecule has 2 rings (SSSR count). The minimum atomic E-state index is -0.702. The number of ketones is 1. The summed E-state index contributed by atoms with van der Waals surface area (Å²) in [7, 11) is 1.57. The Labute approximate surface area is 235 Å². The van der Waals surface area contributed by atoms with E-state index < -0.39 is 6.29 Å². The van der Waals surface area contributed by atoms with Crippen molar-refractivity contribution in [3.63, 3.8) is 0 Å². The molecule has 1 aliphatic carbocycles. The van der Waals surface area contributed by atoms with Crippen LogP contribution in [0, 0.1) is 24.2 Å². The number of hydrogen-bond donors (Lipinski definition) is 1. The molecule has 214 valence electrons. The molecule has 5 nitrogen and oxygen atoms in total. The lowest BCUT2D eigenvalue weighted by Gasteiger charge is -2.42. The molecule has 0 radical (unpaired) electrons. The standard InChI is InChI=1S/C32H49ClO5/c1-9-11-19-37-31(38-20-12-10-2)27-23(5)28(33)30(36-8)25(29(27)35)15-13-21(3)17-18-32(7)22(4)14-16-26(34)24(32)6/h13,17-18,22,24,31,35H,9-12,14-16,19-20H2,1-8H3/t22-,24+,32+/m1/s1. The summed E-state index contributed by atoms with van der Waals surface area (Å²) in [6.07, 6.45) is 11.5. The zero-order valence-corrected chi connectivity index (χ0v) is 25.5. The van der Waals surface area contributed by atoms with Gasteiger partial charge in [0.15, 0.2) is 6.29 Å². The average molecular weight is 549 g/mol. The number of rotatable bonds is 14. The Hall–Kier alpha value is -1.82. The van der Waals surface area contributed by atoms with E-state index in [4.69, 9.17) is 25.8 Å². The van der Waals surface area contributed by atoms with Gasteiger partial charge in [0.05, 0.1) is 30.9 Å². The maximum Gasteiger partial charge on any atom is 0.187 e. The van der Waals surface area contributed by atoms with Crippen molar-refractivity contribution in [2.75, 3.05) is 20.3 Å². The number of ether oxygens (including phenoxy) is 3. The first-order valence-corrected chi connectivity index (χ1v) is 14.6. The Kier molecular flexibility index (Phi) is 12.9. The number of allylic oxidation sites excluding steroid dienone is 4. The van der Waals surface area contributed by atoms with E-state index in [0.717, 1.165) is 37.7 Å². The van der Waals surface area contributed by atoms with Gasteiger partial charge in [-0.05, 0) is 56.4 Å². The molecule has 3 atom stereocenters. The zero-order chi connectivity index (χ0) is 28.5. The Morgan fingerprint density at radius 3 is 2.34 bits per heavy atom. The molecule has 1 saturated carbocycles. The SMILES string of the molecule is CCCCOC(OCCCC)c1c(C)c(Cl)c(OC)c(CC=C(C)C=C[C@@]2(C)[C@H](C)CCC(=O)[C@@H]2C)c1O. The molecule has 1 aliphatic rings. The van der Waals surface area contributed by atoms with Gasteiger partial charge in [0.1, 0.15) is 17.3 Å². The minimum Gasteiger partial charge on any atom is -0.507 e. The molecule has 0 amide bonds. The topological polar surface area (TPSA) is 65.0 Å². The molecule has 1 aromatic rings. The third kappa shape index (κ3) is 7.64. The van der Waals surface area contributed by atoms with Crippen LogP contribution in [-0.2, 0) is 20.7 Å². The van der Waals surface area contributed by atoms with Crippen LogP contribution in [0.15, 0.2) is 23.8 Å². The van der Waals surface area contributed by atoms with Gasteiger partial charge in [-0.3, -0.25) is 4.79 Å². The van der Waals surface area contributed by atoms with Crippen molar-refractivity contribution in [3.05, 3.63) is 45.5 Å². The van der Waals surface area contributed by atoms with Gasteiger partial charge in [0.2, 0.25) is 0 Å². The van der Waals surface area contributed by atoms with E-state index in [9.17, 15) is 9.90 Å². The lowest BCUT2D eigenvalue weighted by atomic mass is 9.61. The van der Waals surface area contributed by atoms with Gasteiger partial charge in [-0.15, -0.1) is 0 Å². The number of carbonyl (C=O) groups excluding carboxylic acids is 1. The second-order valence-electron chi connectivity index (χ2n) is 11.0. The van der Waals surface area contributed by atoms with Gasteiger partial charge in [0.25, 0.3) is 0 Å². The summed E-state index contributed by atoms with van der Waals surface area (Å²) in [5.74, 6) is 1.33. The van der Waals surface area contributed by atoms with Crippen molar-refractivity contribution in [1.29, 1.82) is 0 Å². The number of phenolic OH excluding ortho intramolecular Hbond substituents is 1. The first-order chi connectivity index (χ1) is 18.0. The van der Waals surface area contributed by atoms with Gasteiger partial charge in [-0.25, -0.2) is 0 Å². The van der Waals surface area contributed by atoms with Crippen molar-refractivity contribution < 1.29 is 24.1 Å². The summed E-state index contributed by atoms with van der Waals surface area (Å²) in [5.41, 5.74) is 2.73. The molecule has 0 saturated heterocycles. The zero-order valence-electron chi connectivity index (χ0n) is 24.8. The molecule has 1 fully saturated rings. The molecule has 0 aromatic heterocycles. The van der Waals surface area contributed by atoms with E-state index in [-0.39, 0.29) is 17.1 Å². The second-order valence-corrected chi connectivity index (χ2v) is 11.4. The average Bonchev–Trinajstić information content (AvgIpc) is 2.90. The number of Topliss-reactive ketones (excluding diaryl/α,β-unsaturated/α-hetero) is 1. The fourth-order valence-corrected chi connectivity index (χ4v) is 5.35. The maximum atomic E-state index is 12.4. The number of unbranched alkanes of at least 4 members (excludes halogenated alkanes) is 2. The van der Waals surface area contributed by atoms with Crippen LogP contribution in [0.5, 0.6) is 11.5 Å².